The summed E-state index contributed by atoms with van der Waals surface area (Å²) < 4.78 is 7.18. The highest BCUT2D eigenvalue weighted by Crippen LogP contribution is 2.25. The van der Waals surface area contributed by atoms with Crippen LogP contribution in [0.3, 0.4) is 0 Å². The van der Waals surface area contributed by atoms with E-state index in [0.717, 1.165) is 16.3 Å². The lowest BCUT2D eigenvalue weighted by Gasteiger charge is -2.08. The van der Waals surface area contributed by atoms with Crippen molar-refractivity contribution < 1.29 is 14.0 Å². The zero-order valence-electron chi connectivity index (χ0n) is 14.7. The van der Waals surface area contributed by atoms with E-state index in [0.29, 0.717) is 17.3 Å². The Labute approximate surface area is 154 Å². The van der Waals surface area contributed by atoms with Crippen molar-refractivity contribution in [3.8, 4) is 10.8 Å². The Morgan fingerprint density at radius 3 is 2.65 bits per heavy atom. The smallest absolute Gasteiger partial charge is 0.260 e. The van der Waals surface area contributed by atoms with Crippen LogP contribution in [0.4, 0.5) is 0 Å². The fraction of sp³-hybridized carbons (Fsp3) is 0.294. The second-order valence-corrected chi connectivity index (χ2v) is 6.80. The Morgan fingerprint density at radius 2 is 2.00 bits per heavy atom. The lowest BCUT2D eigenvalue weighted by atomic mass is 10.2. The molecule has 8 nitrogen and oxygen atoms in total. The van der Waals surface area contributed by atoms with E-state index in [9.17, 15) is 9.59 Å². The number of hydrogen-bond acceptors (Lipinski definition) is 6. The quantitative estimate of drug-likeness (QED) is 0.665. The molecular weight excluding hydrogens is 354 g/mol. The molecule has 0 aliphatic rings. The highest BCUT2D eigenvalue weighted by molar-refractivity contribution is 7.13. The molecule has 2 N–H and O–H groups in total. The van der Waals surface area contributed by atoms with Gasteiger partial charge >= 0.3 is 0 Å². The zero-order chi connectivity index (χ0) is 18.7. The number of aryl methyl sites for hydroxylation is 3. The summed E-state index contributed by atoms with van der Waals surface area (Å²) >= 11 is 1.51. The normalized spacial score (nSPS) is 10.7. The van der Waals surface area contributed by atoms with Gasteiger partial charge in [0.25, 0.3) is 5.91 Å². The second kappa shape index (κ2) is 7.52. The minimum atomic E-state index is -0.374. The molecule has 0 fully saturated rings. The van der Waals surface area contributed by atoms with Crippen LogP contribution in [-0.2, 0) is 22.6 Å². The molecule has 3 rings (SSSR count). The molecule has 0 spiro atoms. The van der Waals surface area contributed by atoms with Crippen molar-refractivity contribution in [1.29, 1.82) is 0 Å². The van der Waals surface area contributed by atoms with Gasteiger partial charge in [-0.2, -0.15) is 5.10 Å². The SMILES string of the molecule is Cc1cc(C)n(CC(=O)NNC(=O)Cc2nc(-c3cccs3)oc2C)n1. The van der Waals surface area contributed by atoms with Crippen molar-refractivity contribution in [3.05, 3.63) is 46.4 Å². The van der Waals surface area contributed by atoms with Gasteiger partial charge in [-0.15, -0.1) is 11.3 Å². The summed E-state index contributed by atoms with van der Waals surface area (Å²) in [6.07, 6.45) is 0.0148. The molecule has 0 saturated heterocycles. The van der Waals surface area contributed by atoms with E-state index >= 15 is 0 Å². The fourth-order valence-corrected chi connectivity index (χ4v) is 3.09. The van der Waals surface area contributed by atoms with Gasteiger partial charge in [-0.25, -0.2) is 4.98 Å². The Hall–Kier alpha value is -2.94. The average molecular weight is 373 g/mol. The van der Waals surface area contributed by atoms with Crippen LogP contribution in [0.25, 0.3) is 10.8 Å². The summed E-state index contributed by atoms with van der Waals surface area (Å²) in [5.41, 5.74) is 7.03. The fourth-order valence-electron chi connectivity index (χ4n) is 2.44. The standard InChI is InChI=1S/C17H19N5O3S/c1-10-7-11(2)22(21-10)9-16(24)20-19-15(23)8-13-12(3)25-17(18-13)14-5-4-6-26-14/h4-7H,8-9H2,1-3H3,(H,19,23)(H,20,24). The second-order valence-electron chi connectivity index (χ2n) is 5.86. The maximum Gasteiger partial charge on any atom is 0.260 e. The van der Waals surface area contributed by atoms with Crippen molar-refractivity contribution in [2.24, 2.45) is 0 Å². The molecule has 0 bridgehead atoms. The first-order valence-electron chi connectivity index (χ1n) is 8.01. The van der Waals surface area contributed by atoms with Crippen LogP contribution in [0.15, 0.2) is 28.0 Å². The molecule has 3 heterocycles. The summed E-state index contributed by atoms with van der Waals surface area (Å²) in [4.78, 5) is 29.3. The molecule has 2 amide bonds. The van der Waals surface area contributed by atoms with Crippen LogP contribution in [0.1, 0.15) is 22.8 Å². The van der Waals surface area contributed by atoms with E-state index in [-0.39, 0.29) is 24.8 Å². The molecule has 0 aliphatic heterocycles. The maximum absolute atomic E-state index is 12.1. The minimum Gasteiger partial charge on any atom is -0.440 e. The van der Waals surface area contributed by atoms with Gasteiger partial charge in [0.15, 0.2) is 0 Å². The molecule has 0 atom stereocenters. The van der Waals surface area contributed by atoms with Gasteiger partial charge in [-0.05, 0) is 38.3 Å². The van der Waals surface area contributed by atoms with Crippen molar-refractivity contribution in [2.75, 3.05) is 0 Å². The molecule has 3 aromatic rings. The van der Waals surface area contributed by atoms with Gasteiger partial charge < -0.3 is 4.42 Å². The number of nitrogens with one attached hydrogen (secondary N) is 2. The Morgan fingerprint density at radius 1 is 1.23 bits per heavy atom. The van der Waals surface area contributed by atoms with Gasteiger partial charge in [-0.1, -0.05) is 6.07 Å². The van der Waals surface area contributed by atoms with Crippen molar-refractivity contribution in [2.45, 2.75) is 33.7 Å². The van der Waals surface area contributed by atoms with Crippen LogP contribution in [0, 0.1) is 20.8 Å². The number of carbonyl (C=O) groups excluding carboxylic acids is 2. The van der Waals surface area contributed by atoms with Crippen LogP contribution in [-0.4, -0.2) is 26.6 Å². The molecule has 9 heteroatoms. The van der Waals surface area contributed by atoms with Crippen molar-refractivity contribution in [3.63, 3.8) is 0 Å². The van der Waals surface area contributed by atoms with Gasteiger partial charge in [0.2, 0.25) is 11.8 Å². The number of rotatable bonds is 5. The zero-order valence-corrected chi connectivity index (χ0v) is 15.5. The number of carbonyl (C=O) groups is 2. The maximum atomic E-state index is 12.1. The molecule has 0 unspecified atom stereocenters. The molecule has 3 aromatic heterocycles. The van der Waals surface area contributed by atoms with E-state index in [1.54, 1.807) is 11.6 Å². The van der Waals surface area contributed by atoms with E-state index in [4.69, 9.17) is 4.42 Å². The molecule has 0 aliphatic carbocycles. The topological polar surface area (TPSA) is 102 Å². The van der Waals surface area contributed by atoms with Gasteiger partial charge in [-0.3, -0.25) is 25.1 Å². The first-order chi connectivity index (χ1) is 12.4. The first kappa shape index (κ1) is 17.9. The minimum absolute atomic E-state index is 0.0148. The Kier molecular flexibility index (Phi) is 5.17. The van der Waals surface area contributed by atoms with Gasteiger partial charge in [0.05, 0.1) is 22.7 Å². The Bertz CT molecular complexity index is 927. The number of hydrazine groups is 1. The molecular formula is C17H19N5O3S. The van der Waals surface area contributed by atoms with Crippen LogP contribution >= 0.6 is 11.3 Å². The van der Waals surface area contributed by atoms with E-state index in [2.05, 4.69) is 20.9 Å². The van der Waals surface area contributed by atoms with Gasteiger partial charge in [0, 0.05) is 5.69 Å². The largest absolute Gasteiger partial charge is 0.440 e. The monoisotopic (exact) mass is 373 g/mol. The van der Waals surface area contributed by atoms with E-state index < -0.39 is 0 Å². The molecule has 0 saturated carbocycles. The first-order valence-corrected chi connectivity index (χ1v) is 8.89. The predicted octanol–water partition coefficient (Wildman–Crippen LogP) is 1.91. The third kappa shape index (κ3) is 4.17. The average Bonchev–Trinajstić information content (AvgIpc) is 3.28. The van der Waals surface area contributed by atoms with Crippen molar-refractivity contribution in [1.82, 2.24) is 25.6 Å². The van der Waals surface area contributed by atoms with E-state index in [1.807, 2.05) is 37.4 Å². The lowest BCUT2D eigenvalue weighted by Crippen LogP contribution is -2.44. The third-order valence-corrected chi connectivity index (χ3v) is 4.55. The molecule has 26 heavy (non-hydrogen) atoms. The van der Waals surface area contributed by atoms with Gasteiger partial charge in [0.1, 0.15) is 12.3 Å². The van der Waals surface area contributed by atoms with Crippen LogP contribution in [0.5, 0.6) is 0 Å². The number of hydrogen-bond donors (Lipinski definition) is 2. The number of nitrogens with zero attached hydrogens (tertiary/aromatic N) is 3. The summed E-state index contributed by atoms with van der Waals surface area (Å²) in [7, 11) is 0. The number of oxazole rings is 1. The number of aromatic nitrogens is 3. The summed E-state index contributed by atoms with van der Waals surface area (Å²) in [5, 5.41) is 6.14. The Balaban J connectivity index is 1.53. The molecule has 0 radical (unpaired) electrons. The molecule has 136 valence electrons. The predicted molar refractivity (Wildman–Crippen MR) is 96.2 cm³/mol. The summed E-state index contributed by atoms with van der Waals surface area (Å²) in [6.45, 7) is 5.51. The van der Waals surface area contributed by atoms with Crippen LogP contribution < -0.4 is 10.9 Å². The number of amides is 2. The molecule has 0 aromatic carbocycles. The van der Waals surface area contributed by atoms with E-state index in [1.165, 1.54) is 11.3 Å². The summed E-state index contributed by atoms with van der Waals surface area (Å²) in [6, 6.07) is 5.69. The van der Waals surface area contributed by atoms with Crippen LogP contribution in [0.2, 0.25) is 0 Å². The highest BCUT2D eigenvalue weighted by Gasteiger charge is 2.16. The number of thiophene rings is 1. The third-order valence-electron chi connectivity index (χ3n) is 3.69. The summed E-state index contributed by atoms with van der Waals surface area (Å²) in [5.74, 6) is 0.341. The highest BCUT2D eigenvalue weighted by atomic mass is 32.1. The van der Waals surface area contributed by atoms with Crippen molar-refractivity contribution >= 4 is 23.2 Å². The lowest BCUT2D eigenvalue weighted by molar-refractivity contribution is -0.129.